The van der Waals surface area contributed by atoms with Crippen LogP contribution in [0.4, 0.5) is 8.78 Å². The molecule has 2 aromatic carbocycles. The fourth-order valence-electron chi connectivity index (χ4n) is 5.01. The van der Waals surface area contributed by atoms with Gasteiger partial charge < -0.3 is 15.2 Å². The highest BCUT2D eigenvalue weighted by Gasteiger charge is 2.36. The first-order valence-corrected chi connectivity index (χ1v) is 15.0. The molecule has 1 heterocycles. The second kappa shape index (κ2) is 10.8. The second-order valence-electron chi connectivity index (χ2n) is 10.5. The highest BCUT2D eigenvalue weighted by molar-refractivity contribution is 7.91. The molecule has 1 atom stereocenters. The summed E-state index contributed by atoms with van der Waals surface area (Å²) in [5, 5.41) is 12.7. The van der Waals surface area contributed by atoms with Gasteiger partial charge in [0.1, 0.15) is 0 Å². The van der Waals surface area contributed by atoms with E-state index in [1.165, 1.54) is 12.1 Å². The van der Waals surface area contributed by atoms with E-state index in [4.69, 9.17) is 4.74 Å². The zero-order chi connectivity index (χ0) is 27.8. The number of amides is 1. The quantitative estimate of drug-likeness (QED) is 0.367. The molecule has 2 fully saturated rings. The van der Waals surface area contributed by atoms with Gasteiger partial charge in [-0.3, -0.25) is 9.36 Å². The number of aliphatic hydroxyl groups excluding tert-OH is 1. The number of fused-ring (bicyclic) bond motifs is 1. The van der Waals surface area contributed by atoms with Crippen LogP contribution in [-0.4, -0.2) is 53.9 Å². The van der Waals surface area contributed by atoms with Crippen molar-refractivity contribution in [3.8, 4) is 6.01 Å². The van der Waals surface area contributed by atoms with Crippen molar-refractivity contribution in [3.63, 3.8) is 0 Å². The number of benzene rings is 2. The van der Waals surface area contributed by atoms with Crippen LogP contribution in [0.2, 0.25) is 0 Å². The summed E-state index contributed by atoms with van der Waals surface area (Å²) >= 11 is 0. The van der Waals surface area contributed by atoms with Crippen LogP contribution in [0.15, 0.2) is 47.4 Å². The van der Waals surface area contributed by atoms with Gasteiger partial charge in [-0.25, -0.2) is 17.2 Å². The summed E-state index contributed by atoms with van der Waals surface area (Å²) in [6.07, 6.45) is 2.60. The largest absolute Gasteiger partial charge is 0.464 e. The highest BCUT2D eigenvalue weighted by Crippen LogP contribution is 2.42. The molecule has 39 heavy (non-hydrogen) atoms. The molecule has 210 valence electrons. The molecule has 1 aromatic heterocycles. The Labute approximate surface area is 226 Å². The van der Waals surface area contributed by atoms with Gasteiger partial charge in [0.25, 0.3) is 11.9 Å². The third-order valence-corrected chi connectivity index (χ3v) is 9.38. The van der Waals surface area contributed by atoms with E-state index in [2.05, 4.69) is 10.3 Å². The van der Waals surface area contributed by atoms with Crippen LogP contribution in [0.1, 0.15) is 73.5 Å². The monoisotopic (exact) mass is 561 g/mol. The third kappa shape index (κ3) is 6.09. The number of carbonyl (C=O) groups excluding carboxylic acids is 1. The lowest BCUT2D eigenvalue weighted by Gasteiger charge is -2.27. The van der Waals surface area contributed by atoms with Crippen molar-refractivity contribution in [3.05, 3.63) is 53.6 Å². The first-order valence-electron chi connectivity index (χ1n) is 13.4. The Hall–Kier alpha value is -3.05. The van der Waals surface area contributed by atoms with Crippen LogP contribution >= 0.6 is 0 Å². The SMILES string of the molecule is CCS(=O)(=O)c1ccc(C(CO)NC(=O)c2ccc3c(c2)nc(OCC2CCC(F)(F)CC2)n3C2CC2)cc1. The Morgan fingerprint density at radius 2 is 1.85 bits per heavy atom. The van der Waals surface area contributed by atoms with Gasteiger partial charge >= 0.3 is 0 Å². The van der Waals surface area contributed by atoms with Crippen molar-refractivity contribution in [2.24, 2.45) is 5.92 Å². The van der Waals surface area contributed by atoms with Crippen molar-refractivity contribution in [1.29, 1.82) is 0 Å². The molecule has 2 N–H and O–H groups in total. The summed E-state index contributed by atoms with van der Waals surface area (Å²) in [5.74, 6) is -2.95. The minimum atomic E-state index is -3.35. The Kier molecular flexibility index (Phi) is 7.65. The maximum atomic E-state index is 13.5. The van der Waals surface area contributed by atoms with Crippen LogP contribution in [0.25, 0.3) is 11.0 Å². The van der Waals surface area contributed by atoms with E-state index in [9.17, 15) is 27.1 Å². The van der Waals surface area contributed by atoms with Gasteiger partial charge in [-0.2, -0.15) is 4.98 Å². The summed E-state index contributed by atoms with van der Waals surface area (Å²) in [6.45, 7) is 1.53. The van der Waals surface area contributed by atoms with Gasteiger partial charge in [0, 0.05) is 24.4 Å². The number of nitrogens with zero attached hydrogens (tertiary/aromatic N) is 2. The number of rotatable bonds is 10. The van der Waals surface area contributed by atoms with E-state index in [-0.39, 0.29) is 42.1 Å². The van der Waals surface area contributed by atoms with Crippen LogP contribution in [0.5, 0.6) is 6.01 Å². The van der Waals surface area contributed by atoms with Crippen molar-refractivity contribution < 1.29 is 31.8 Å². The molecule has 0 bridgehead atoms. The zero-order valence-electron chi connectivity index (χ0n) is 21.8. The fourth-order valence-corrected chi connectivity index (χ4v) is 5.90. The predicted molar refractivity (Wildman–Crippen MR) is 142 cm³/mol. The van der Waals surface area contributed by atoms with Gasteiger partial charge in [-0.05, 0) is 67.5 Å². The molecule has 8 nitrogen and oxygen atoms in total. The minimum absolute atomic E-state index is 0.0161. The maximum Gasteiger partial charge on any atom is 0.297 e. The summed E-state index contributed by atoms with van der Waals surface area (Å²) in [7, 11) is -3.35. The highest BCUT2D eigenvalue weighted by atomic mass is 32.2. The van der Waals surface area contributed by atoms with Gasteiger partial charge in [-0.1, -0.05) is 19.1 Å². The van der Waals surface area contributed by atoms with Gasteiger partial charge in [0.2, 0.25) is 5.92 Å². The maximum absolute atomic E-state index is 13.5. The molecule has 0 radical (unpaired) electrons. The molecular weight excluding hydrogens is 528 g/mol. The molecule has 0 saturated heterocycles. The van der Waals surface area contributed by atoms with Crippen LogP contribution < -0.4 is 10.1 Å². The first kappa shape index (κ1) is 27.5. The van der Waals surface area contributed by atoms with Crippen LogP contribution in [0.3, 0.4) is 0 Å². The normalized spacial score (nSPS) is 18.7. The molecule has 0 aliphatic heterocycles. The first-order chi connectivity index (χ1) is 18.6. The molecule has 0 spiro atoms. The number of alkyl halides is 2. The fraction of sp³-hybridized carbons (Fsp3) is 0.500. The van der Waals surface area contributed by atoms with E-state index in [1.807, 2.05) is 10.6 Å². The van der Waals surface area contributed by atoms with Gasteiger partial charge in [-0.15, -0.1) is 0 Å². The van der Waals surface area contributed by atoms with Crippen LogP contribution in [0, 0.1) is 5.92 Å². The average Bonchev–Trinajstić information content (AvgIpc) is 3.70. The van der Waals surface area contributed by atoms with E-state index in [0.29, 0.717) is 42.1 Å². The van der Waals surface area contributed by atoms with Gasteiger partial charge in [0.05, 0.1) is 40.9 Å². The summed E-state index contributed by atoms with van der Waals surface area (Å²) < 4.78 is 59.2. The standard InChI is InChI=1S/C28H33F2N3O5S/c1-2-39(36,37)22-8-3-19(4-9-22)24(16-34)31-26(35)20-5-10-25-23(15-20)32-27(33(25)21-6-7-21)38-17-18-11-13-28(29,30)14-12-18/h3-5,8-10,15,18,21,24,34H,2,6-7,11-14,16-17H2,1H3,(H,31,35). The lowest BCUT2D eigenvalue weighted by Crippen LogP contribution is -2.30. The number of nitrogens with one attached hydrogen (secondary N) is 1. The third-order valence-electron chi connectivity index (χ3n) is 7.63. The van der Waals surface area contributed by atoms with E-state index in [0.717, 1.165) is 18.4 Å². The van der Waals surface area contributed by atoms with E-state index >= 15 is 0 Å². The van der Waals surface area contributed by atoms with E-state index < -0.39 is 27.7 Å². The molecule has 2 aliphatic rings. The number of sulfone groups is 1. The molecule has 2 aliphatic carbocycles. The summed E-state index contributed by atoms with van der Waals surface area (Å²) in [5.41, 5.74) is 2.36. The number of imidazole rings is 1. The van der Waals surface area contributed by atoms with E-state index in [1.54, 1.807) is 31.2 Å². The Morgan fingerprint density at radius 3 is 2.46 bits per heavy atom. The summed E-state index contributed by atoms with van der Waals surface area (Å²) in [4.78, 5) is 17.9. The Balaban J connectivity index is 1.30. The Morgan fingerprint density at radius 1 is 1.15 bits per heavy atom. The van der Waals surface area contributed by atoms with Crippen molar-refractivity contribution in [2.45, 2.75) is 68.4 Å². The smallest absolute Gasteiger partial charge is 0.297 e. The van der Waals surface area contributed by atoms with Gasteiger partial charge in [0.15, 0.2) is 9.84 Å². The van der Waals surface area contributed by atoms with Crippen LogP contribution in [-0.2, 0) is 9.84 Å². The zero-order valence-corrected chi connectivity index (χ0v) is 22.6. The number of halogens is 2. The number of aliphatic hydroxyl groups is 1. The molecule has 2 saturated carbocycles. The molecular formula is C28H33F2N3O5S. The van der Waals surface area contributed by atoms with Crippen molar-refractivity contribution >= 4 is 26.8 Å². The molecule has 3 aromatic rings. The molecule has 1 unspecified atom stereocenters. The topological polar surface area (TPSA) is 111 Å². The second-order valence-corrected chi connectivity index (χ2v) is 12.8. The summed E-state index contributed by atoms with van der Waals surface area (Å²) in [6, 6.07) is 11.3. The molecule has 11 heteroatoms. The van der Waals surface area contributed by atoms with Crippen molar-refractivity contribution in [2.75, 3.05) is 19.0 Å². The predicted octanol–water partition coefficient (Wildman–Crippen LogP) is 4.83. The number of aromatic nitrogens is 2. The molecule has 1 amide bonds. The average molecular weight is 562 g/mol. The minimum Gasteiger partial charge on any atom is -0.464 e. The number of ether oxygens (including phenoxy) is 1. The number of carbonyl (C=O) groups is 1. The number of hydrogen-bond donors (Lipinski definition) is 2. The molecule has 5 rings (SSSR count). The lowest BCUT2D eigenvalue weighted by atomic mass is 9.87. The Bertz CT molecular complexity index is 1440. The lowest BCUT2D eigenvalue weighted by molar-refractivity contribution is -0.0502. The number of hydrogen-bond acceptors (Lipinski definition) is 6. The van der Waals surface area contributed by atoms with Crippen molar-refractivity contribution in [1.82, 2.24) is 14.9 Å².